The molecule has 0 spiro atoms. The number of nitrogens with one attached hydrogen (secondary N) is 1. The number of benzene rings is 2. The summed E-state index contributed by atoms with van der Waals surface area (Å²) >= 11 is 0. The van der Waals surface area contributed by atoms with E-state index in [0.717, 1.165) is 17.0 Å². The van der Waals surface area contributed by atoms with Crippen molar-refractivity contribution >= 4 is 11.7 Å². The molecule has 1 amide bonds. The standard InChI is InChI=1S/C27H29N3O3/c1-19-16-25(29-30(19)17-20-8-6-5-7-9-20)28-26(31)24-15-14-23(33-24)18-32-22-12-10-21(11-13-22)27(2,3)4/h5-16H,17-18H2,1-4H3,(H,28,29,31). The fourth-order valence-corrected chi connectivity index (χ4v) is 3.45. The molecule has 4 rings (SSSR count). The molecule has 0 fully saturated rings. The molecule has 2 aromatic carbocycles. The van der Waals surface area contributed by atoms with E-state index in [0.29, 0.717) is 18.1 Å². The third-order valence-corrected chi connectivity index (χ3v) is 5.38. The Balaban J connectivity index is 1.34. The van der Waals surface area contributed by atoms with Gasteiger partial charge in [0, 0.05) is 11.8 Å². The first-order valence-corrected chi connectivity index (χ1v) is 11.0. The van der Waals surface area contributed by atoms with Gasteiger partial charge in [0.1, 0.15) is 18.1 Å². The lowest BCUT2D eigenvalue weighted by Crippen LogP contribution is -2.12. The topological polar surface area (TPSA) is 69.3 Å². The van der Waals surface area contributed by atoms with Crippen LogP contribution >= 0.6 is 0 Å². The molecule has 0 saturated carbocycles. The van der Waals surface area contributed by atoms with E-state index in [9.17, 15) is 4.79 Å². The molecule has 33 heavy (non-hydrogen) atoms. The van der Waals surface area contributed by atoms with Crippen LogP contribution in [0.25, 0.3) is 0 Å². The average molecular weight is 444 g/mol. The minimum absolute atomic E-state index is 0.0950. The lowest BCUT2D eigenvalue weighted by Gasteiger charge is -2.19. The number of furan rings is 1. The number of ether oxygens (including phenoxy) is 1. The van der Waals surface area contributed by atoms with Crippen molar-refractivity contribution in [2.24, 2.45) is 0 Å². The van der Waals surface area contributed by atoms with Gasteiger partial charge in [-0.05, 0) is 47.7 Å². The van der Waals surface area contributed by atoms with Gasteiger partial charge in [-0.25, -0.2) is 0 Å². The van der Waals surface area contributed by atoms with E-state index in [1.165, 1.54) is 5.56 Å². The molecule has 1 N–H and O–H groups in total. The summed E-state index contributed by atoms with van der Waals surface area (Å²) in [5.41, 5.74) is 3.44. The van der Waals surface area contributed by atoms with Crippen molar-refractivity contribution < 1.29 is 13.9 Å². The Morgan fingerprint density at radius 3 is 2.45 bits per heavy atom. The van der Waals surface area contributed by atoms with Gasteiger partial charge in [0.25, 0.3) is 5.91 Å². The second kappa shape index (κ2) is 9.36. The highest BCUT2D eigenvalue weighted by atomic mass is 16.5. The summed E-state index contributed by atoms with van der Waals surface area (Å²) in [7, 11) is 0. The van der Waals surface area contributed by atoms with E-state index in [4.69, 9.17) is 9.15 Å². The lowest BCUT2D eigenvalue weighted by molar-refractivity contribution is 0.0992. The third-order valence-electron chi connectivity index (χ3n) is 5.38. The molecule has 6 nitrogen and oxygen atoms in total. The van der Waals surface area contributed by atoms with Crippen LogP contribution in [-0.4, -0.2) is 15.7 Å². The van der Waals surface area contributed by atoms with Crippen molar-refractivity contribution in [3.63, 3.8) is 0 Å². The van der Waals surface area contributed by atoms with Crippen LogP contribution in [0.5, 0.6) is 5.75 Å². The molecule has 0 saturated heterocycles. The Morgan fingerprint density at radius 1 is 1.03 bits per heavy atom. The summed E-state index contributed by atoms with van der Waals surface area (Å²) in [5, 5.41) is 7.30. The molecule has 0 aliphatic heterocycles. The van der Waals surface area contributed by atoms with Gasteiger partial charge in [-0.1, -0.05) is 63.2 Å². The molecule has 0 aliphatic rings. The first kappa shape index (κ1) is 22.4. The number of anilines is 1. The Hall–Kier alpha value is -3.80. The minimum atomic E-state index is -0.347. The first-order chi connectivity index (χ1) is 15.8. The first-order valence-electron chi connectivity index (χ1n) is 11.0. The summed E-state index contributed by atoms with van der Waals surface area (Å²) in [6.45, 7) is 9.37. The van der Waals surface area contributed by atoms with Crippen LogP contribution in [0.3, 0.4) is 0 Å². The largest absolute Gasteiger partial charge is 0.486 e. The molecule has 4 aromatic rings. The van der Waals surface area contributed by atoms with Gasteiger partial charge >= 0.3 is 0 Å². The zero-order valence-electron chi connectivity index (χ0n) is 19.5. The molecular weight excluding hydrogens is 414 g/mol. The highest BCUT2D eigenvalue weighted by Crippen LogP contribution is 2.25. The molecule has 0 bridgehead atoms. The maximum Gasteiger partial charge on any atom is 0.292 e. The third kappa shape index (κ3) is 5.71. The SMILES string of the molecule is Cc1cc(NC(=O)c2ccc(COc3ccc(C(C)(C)C)cc3)o2)nn1Cc1ccccc1. The normalized spacial score (nSPS) is 11.4. The second-order valence-electron chi connectivity index (χ2n) is 9.10. The molecule has 0 aliphatic carbocycles. The number of amides is 1. The van der Waals surface area contributed by atoms with Crippen molar-refractivity contribution in [2.75, 3.05) is 5.32 Å². The van der Waals surface area contributed by atoms with Gasteiger partial charge in [-0.15, -0.1) is 0 Å². The summed E-state index contributed by atoms with van der Waals surface area (Å²) in [6, 6.07) is 23.3. The molecular formula is C27H29N3O3. The van der Waals surface area contributed by atoms with Crippen LogP contribution in [0.15, 0.2) is 77.2 Å². The van der Waals surface area contributed by atoms with Crippen molar-refractivity contribution in [1.29, 1.82) is 0 Å². The number of rotatable bonds is 7. The predicted octanol–water partition coefficient (Wildman–Crippen LogP) is 5.96. The Labute approximate surface area is 194 Å². The number of aromatic nitrogens is 2. The van der Waals surface area contributed by atoms with E-state index >= 15 is 0 Å². The lowest BCUT2D eigenvalue weighted by atomic mass is 9.87. The molecule has 0 atom stereocenters. The van der Waals surface area contributed by atoms with Gasteiger partial charge in [0.2, 0.25) is 0 Å². The number of nitrogens with zero attached hydrogens (tertiary/aromatic N) is 2. The van der Waals surface area contributed by atoms with E-state index < -0.39 is 0 Å². The van der Waals surface area contributed by atoms with E-state index in [1.807, 2.05) is 60.1 Å². The molecule has 170 valence electrons. The highest BCUT2D eigenvalue weighted by molar-refractivity contribution is 6.01. The fourth-order valence-electron chi connectivity index (χ4n) is 3.45. The minimum Gasteiger partial charge on any atom is -0.486 e. The van der Waals surface area contributed by atoms with Crippen molar-refractivity contribution in [1.82, 2.24) is 9.78 Å². The van der Waals surface area contributed by atoms with Gasteiger partial charge in [-0.3, -0.25) is 9.48 Å². The summed E-state index contributed by atoms with van der Waals surface area (Å²) in [5.74, 6) is 1.68. The number of aryl methyl sites for hydroxylation is 1. The van der Waals surface area contributed by atoms with Crippen LogP contribution in [0.2, 0.25) is 0 Å². The van der Waals surface area contributed by atoms with Gasteiger partial charge in [0.05, 0.1) is 6.54 Å². The summed E-state index contributed by atoms with van der Waals surface area (Å²) < 4.78 is 13.3. The highest BCUT2D eigenvalue weighted by Gasteiger charge is 2.15. The van der Waals surface area contributed by atoms with Crippen LogP contribution in [0.1, 0.15) is 53.9 Å². The van der Waals surface area contributed by atoms with Crippen LogP contribution in [0.4, 0.5) is 5.82 Å². The average Bonchev–Trinajstić information content (AvgIpc) is 3.39. The summed E-state index contributed by atoms with van der Waals surface area (Å²) in [4.78, 5) is 12.6. The van der Waals surface area contributed by atoms with E-state index in [2.05, 4.69) is 43.3 Å². The van der Waals surface area contributed by atoms with Crippen molar-refractivity contribution in [2.45, 2.75) is 46.3 Å². The second-order valence-corrected chi connectivity index (χ2v) is 9.10. The summed E-state index contributed by atoms with van der Waals surface area (Å²) in [6.07, 6.45) is 0. The van der Waals surface area contributed by atoms with Crippen LogP contribution < -0.4 is 10.1 Å². The zero-order valence-corrected chi connectivity index (χ0v) is 19.5. The van der Waals surface area contributed by atoms with Crippen LogP contribution in [-0.2, 0) is 18.6 Å². The van der Waals surface area contributed by atoms with Gasteiger partial charge in [0.15, 0.2) is 11.6 Å². The fraction of sp³-hybridized carbons (Fsp3) is 0.259. The molecule has 0 radical (unpaired) electrons. The predicted molar refractivity (Wildman–Crippen MR) is 129 cm³/mol. The monoisotopic (exact) mass is 443 g/mol. The maximum absolute atomic E-state index is 12.6. The van der Waals surface area contributed by atoms with Crippen molar-refractivity contribution in [3.8, 4) is 5.75 Å². The Bertz CT molecular complexity index is 1220. The van der Waals surface area contributed by atoms with Crippen molar-refractivity contribution in [3.05, 3.63) is 101 Å². The van der Waals surface area contributed by atoms with E-state index in [-0.39, 0.29) is 23.7 Å². The number of carbonyl (C=O) groups is 1. The molecule has 6 heteroatoms. The van der Waals surface area contributed by atoms with E-state index in [1.54, 1.807) is 12.1 Å². The maximum atomic E-state index is 12.6. The number of carbonyl (C=O) groups excluding carboxylic acids is 1. The quantitative estimate of drug-likeness (QED) is 0.382. The molecule has 2 aromatic heterocycles. The molecule has 2 heterocycles. The number of hydrogen-bond donors (Lipinski definition) is 1. The smallest absolute Gasteiger partial charge is 0.292 e. The van der Waals surface area contributed by atoms with Gasteiger partial charge < -0.3 is 14.5 Å². The van der Waals surface area contributed by atoms with Gasteiger partial charge in [-0.2, -0.15) is 5.10 Å². The zero-order chi connectivity index (χ0) is 23.4. The number of hydrogen-bond acceptors (Lipinski definition) is 4. The van der Waals surface area contributed by atoms with Crippen LogP contribution in [0, 0.1) is 6.92 Å². The Morgan fingerprint density at radius 2 is 1.76 bits per heavy atom. The molecule has 0 unspecified atom stereocenters. The Kier molecular flexibility index (Phi) is 6.36.